The Morgan fingerprint density at radius 1 is 1.90 bits per heavy atom. The fourth-order valence-electron chi connectivity index (χ4n) is 0.776. The number of hydrogen-bond acceptors (Lipinski definition) is 3. The van der Waals surface area contributed by atoms with Crippen LogP contribution in [0.3, 0.4) is 0 Å². The lowest BCUT2D eigenvalue weighted by Crippen LogP contribution is -2.30. The van der Waals surface area contributed by atoms with E-state index in [-0.39, 0.29) is 11.5 Å². The van der Waals surface area contributed by atoms with Gasteiger partial charge in [0.15, 0.2) is 5.56 Å². The summed E-state index contributed by atoms with van der Waals surface area (Å²) < 4.78 is 5.25. The molecule has 58 valence electrons. The van der Waals surface area contributed by atoms with E-state index < -0.39 is 0 Å². The summed E-state index contributed by atoms with van der Waals surface area (Å²) in [5.74, 6) is 0.713. The molecule has 0 aromatic carbocycles. The monoisotopic (exact) mass is 161 g/mol. The maximum atomic E-state index is 10.9. The highest BCUT2D eigenvalue weighted by atomic mass is 32.2. The molecule has 1 aliphatic heterocycles. The Morgan fingerprint density at radius 2 is 2.60 bits per heavy atom. The van der Waals surface area contributed by atoms with Gasteiger partial charge in [-0.15, -0.1) is 0 Å². The molecule has 3 nitrogen and oxygen atoms in total. The molecule has 0 aromatic heterocycles. The van der Waals surface area contributed by atoms with Gasteiger partial charge >= 0.3 is 0 Å². The van der Waals surface area contributed by atoms with Crippen molar-refractivity contribution in [2.75, 3.05) is 19.4 Å². The topological polar surface area (TPSA) is 29.5 Å². The highest BCUT2D eigenvalue weighted by Gasteiger charge is 2.28. The van der Waals surface area contributed by atoms with E-state index in [9.17, 15) is 4.79 Å². The van der Waals surface area contributed by atoms with Gasteiger partial charge in [0.25, 0.3) is 0 Å². The first-order chi connectivity index (χ1) is 4.75. The number of ether oxygens (including phenoxy) is 1. The van der Waals surface area contributed by atoms with E-state index in [1.54, 1.807) is 11.9 Å². The Kier molecular flexibility index (Phi) is 2.56. The summed E-state index contributed by atoms with van der Waals surface area (Å²) in [6.07, 6.45) is 0. The second-order valence-electron chi connectivity index (χ2n) is 2.08. The minimum atomic E-state index is -0.0440. The summed E-state index contributed by atoms with van der Waals surface area (Å²) in [7, 11) is 1.77. The van der Waals surface area contributed by atoms with Gasteiger partial charge in [-0.05, 0) is 6.92 Å². The van der Waals surface area contributed by atoms with E-state index in [1.165, 1.54) is 11.8 Å². The van der Waals surface area contributed by atoms with E-state index >= 15 is 0 Å². The molecule has 4 heteroatoms. The first kappa shape index (κ1) is 7.88. The second-order valence-corrected chi connectivity index (χ2v) is 3.10. The Bertz CT molecular complexity index is 140. The van der Waals surface area contributed by atoms with Gasteiger partial charge in [-0.2, -0.15) is 0 Å². The number of nitrogens with zero attached hydrogens (tertiary/aromatic N) is 1. The Balaban J connectivity index is 2.41. The fraction of sp³-hybridized carbons (Fsp3) is 0.833. The average Bonchev–Trinajstić information content (AvgIpc) is 2.20. The lowest BCUT2D eigenvalue weighted by molar-refractivity contribution is -0.131. The summed E-state index contributed by atoms with van der Waals surface area (Å²) in [5.41, 5.74) is -0.0440. The predicted octanol–water partition coefficient (Wildman–Crippen LogP) is 0.512. The van der Waals surface area contributed by atoms with E-state index in [0.29, 0.717) is 12.4 Å². The zero-order valence-corrected chi connectivity index (χ0v) is 6.98. The summed E-state index contributed by atoms with van der Waals surface area (Å²) in [5, 5.41) is 0. The third-order valence-corrected chi connectivity index (χ3v) is 2.52. The van der Waals surface area contributed by atoms with Crippen LogP contribution in [-0.4, -0.2) is 35.8 Å². The molecule has 10 heavy (non-hydrogen) atoms. The summed E-state index contributed by atoms with van der Waals surface area (Å²) >= 11 is 1.54. The standard InChI is InChI=1S/C6H11NO2S/c1-3-9-6-7(2)5(8)4-10-6/h6H,3-4H2,1-2H3. The van der Waals surface area contributed by atoms with Crippen molar-refractivity contribution in [2.24, 2.45) is 0 Å². The van der Waals surface area contributed by atoms with E-state index in [4.69, 9.17) is 4.74 Å². The fourth-order valence-corrected chi connectivity index (χ4v) is 1.84. The molecule has 0 radical (unpaired) electrons. The van der Waals surface area contributed by atoms with Crippen LogP contribution in [0, 0.1) is 0 Å². The molecular weight excluding hydrogens is 150 g/mol. The lowest BCUT2D eigenvalue weighted by Gasteiger charge is -2.17. The normalized spacial score (nSPS) is 26.0. The van der Waals surface area contributed by atoms with Crippen LogP contribution in [0.4, 0.5) is 0 Å². The van der Waals surface area contributed by atoms with Crippen molar-refractivity contribution >= 4 is 17.7 Å². The van der Waals surface area contributed by atoms with Gasteiger partial charge in [-0.1, -0.05) is 11.8 Å². The molecule has 0 spiro atoms. The van der Waals surface area contributed by atoms with E-state index in [1.807, 2.05) is 6.92 Å². The molecular formula is C6H11NO2S. The molecule has 1 atom stereocenters. The summed E-state index contributed by atoms with van der Waals surface area (Å²) in [4.78, 5) is 12.5. The van der Waals surface area contributed by atoms with Gasteiger partial charge in [0.2, 0.25) is 5.91 Å². The van der Waals surface area contributed by atoms with Crippen molar-refractivity contribution in [3.63, 3.8) is 0 Å². The number of rotatable bonds is 2. The Labute approximate surface area is 64.7 Å². The molecule has 0 bridgehead atoms. The largest absolute Gasteiger partial charge is 0.349 e. The minimum absolute atomic E-state index is 0.0440. The molecule has 0 aromatic rings. The average molecular weight is 161 g/mol. The van der Waals surface area contributed by atoms with Crippen molar-refractivity contribution in [2.45, 2.75) is 12.5 Å². The summed E-state index contributed by atoms with van der Waals surface area (Å²) in [6.45, 7) is 2.59. The molecule has 0 aliphatic carbocycles. The molecule has 1 unspecified atom stereocenters. The number of carbonyl (C=O) groups excluding carboxylic acids is 1. The highest BCUT2D eigenvalue weighted by Crippen LogP contribution is 2.23. The van der Waals surface area contributed by atoms with E-state index in [2.05, 4.69) is 0 Å². The quantitative estimate of drug-likeness (QED) is 0.591. The van der Waals surface area contributed by atoms with Crippen molar-refractivity contribution in [1.82, 2.24) is 4.90 Å². The Hall–Kier alpha value is -0.220. The molecule has 1 saturated heterocycles. The van der Waals surface area contributed by atoms with Crippen molar-refractivity contribution < 1.29 is 9.53 Å². The van der Waals surface area contributed by atoms with Gasteiger partial charge in [0, 0.05) is 13.7 Å². The zero-order valence-electron chi connectivity index (χ0n) is 6.16. The van der Waals surface area contributed by atoms with Crippen LogP contribution in [-0.2, 0) is 9.53 Å². The molecule has 1 fully saturated rings. The van der Waals surface area contributed by atoms with Crippen molar-refractivity contribution in [3.8, 4) is 0 Å². The SMILES string of the molecule is CCOC1SCC(=O)N1C. The smallest absolute Gasteiger partial charge is 0.235 e. The van der Waals surface area contributed by atoms with Crippen molar-refractivity contribution in [1.29, 1.82) is 0 Å². The van der Waals surface area contributed by atoms with Gasteiger partial charge < -0.3 is 9.64 Å². The van der Waals surface area contributed by atoms with Crippen LogP contribution in [0.15, 0.2) is 0 Å². The van der Waals surface area contributed by atoms with E-state index in [0.717, 1.165) is 0 Å². The van der Waals surface area contributed by atoms with Gasteiger partial charge in [-0.3, -0.25) is 4.79 Å². The maximum absolute atomic E-state index is 10.9. The molecule has 0 saturated carbocycles. The molecule has 1 aliphatic rings. The molecule has 1 rings (SSSR count). The third-order valence-electron chi connectivity index (χ3n) is 1.37. The molecule has 1 amide bonds. The van der Waals surface area contributed by atoms with Crippen LogP contribution in [0.5, 0.6) is 0 Å². The first-order valence-corrected chi connectivity index (χ1v) is 4.29. The number of hydrogen-bond donors (Lipinski definition) is 0. The van der Waals surface area contributed by atoms with Crippen LogP contribution >= 0.6 is 11.8 Å². The van der Waals surface area contributed by atoms with Gasteiger partial charge in [0.05, 0.1) is 5.75 Å². The number of thioether (sulfide) groups is 1. The van der Waals surface area contributed by atoms with Crippen LogP contribution in [0.1, 0.15) is 6.92 Å². The highest BCUT2D eigenvalue weighted by molar-refractivity contribution is 8.00. The predicted molar refractivity (Wildman–Crippen MR) is 40.6 cm³/mol. The first-order valence-electron chi connectivity index (χ1n) is 3.24. The zero-order chi connectivity index (χ0) is 7.56. The maximum Gasteiger partial charge on any atom is 0.235 e. The summed E-state index contributed by atoms with van der Waals surface area (Å²) in [6, 6.07) is 0. The van der Waals surface area contributed by atoms with Gasteiger partial charge in [-0.25, -0.2) is 0 Å². The molecule has 1 heterocycles. The number of carbonyl (C=O) groups is 1. The van der Waals surface area contributed by atoms with Gasteiger partial charge in [0.1, 0.15) is 0 Å². The van der Waals surface area contributed by atoms with Crippen LogP contribution in [0.2, 0.25) is 0 Å². The van der Waals surface area contributed by atoms with Crippen LogP contribution in [0.25, 0.3) is 0 Å². The minimum Gasteiger partial charge on any atom is -0.349 e. The number of amides is 1. The van der Waals surface area contributed by atoms with Crippen molar-refractivity contribution in [3.05, 3.63) is 0 Å². The van der Waals surface area contributed by atoms with Crippen LogP contribution < -0.4 is 0 Å². The lowest BCUT2D eigenvalue weighted by atomic mass is 10.6. The third kappa shape index (κ3) is 1.44. The molecule has 0 N–H and O–H groups in total. The second kappa shape index (κ2) is 3.25. The Morgan fingerprint density at radius 3 is 3.00 bits per heavy atom.